The lowest BCUT2D eigenvalue weighted by molar-refractivity contribution is 0.102. The Labute approximate surface area is 160 Å². The van der Waals surface area contributed by atoms with Crippen LogP contribution < -0.4 is 5.32 Å². The van der Waals surface area contributed by atoms with Gasteiger partial charge in [0.2, 0.25) is 0 Å². The normalized spacial score (nSPS) is 10.9. The fourth-order valence-electron chi connectivity index (χ4n) is 2.98. The van der Waals surface area contributed by atoms with E-state index in [-0.39, 0.29) is 5.56 Å². The van der Waals surface area contributed by atoms with Crippen molar-refractivity contribution in [1.29, 1.82) is 0 Å². The van der Waals surface area contributed by atoms with Gasteiger partial charge in [0.05, 0.1) is 16.6 Å². The number of carbonyl (C=O) groups excluding carboxylic acids is 1. The van der Waals surface area contributed by atoms with Crippen LogP contribution in [-0.4, -0.2) is 15.5 Å². The number of hydrogen-bond acceptors (Lipinski definition) is 2. The average Bonchev–Trinajstić information content (AvgIpc) is 3.01. The van der Waals surface area contributed by atoms with Crippen molar-refractivity contribution < 1.29 is 9.18 Å². The zero-order chi connectivity index (χ0) is 19.0. The molecule has 0 aliphatic rings. The fraction of sp³-hybridized carbons (Fsp3) is 0.0476. The van der Waals surface area contributed by atoms with E-state index in [0.717, 1.165) is 22.4 Å². The molecular formula is C21H15ClFN3O. The molecule has 0 saturated heterocycles. The summed E-state index contributed by atoms with van der Waals surface area (Å²) >= 11 is 5.84. The van der Waals surface area contributed by atoms with Crippen LogP contribution in [0, 0.1) is 5.82 Å². The second-order valence-electron chi connectivity index (χ2n) is 6.14. The van der Waals surface area contributed by atoms with Crippen LogP contribution in [0.4, 0.5) is 10.1 Å². The minimum Gasteiger partial charge on any atom is -0.327 e. The molecule has 0 spiro atoms. The highest BCUT2D eigenvalue weighted by Crippen LogP contribution is 2.25. The van der Waals surface area contributed by atoms with Crippen molar-refractivity contribution in [3.05, 3.63) is 83.1 Å². The standard InChI is InChI=1S/C21H15ClFN3O/c1-26-19-5-3-2-4-18(19)25-20(26)13-6-9-15(10-7-13)24-21(27)16-12-14(22)8-11-17(16)23/h2-12H,1H3,(H,24,27). The Morgan fingerprint density at radius 3 is 2.56 bits per heavy atom. The summed E-state index contributed by atoms with van der Waals surface area (Å²) in [4.78, 5) is 16.9. The van der Waals surface area contributed by atoms with E-state index in [1.54, 1.807) is 12.1 Å². The highest BCUT2D eigenvalue weighted by atomic mass is 35.5. The third-order valence-electron chi connectivity index (χ3n) is 4.36. The maximum absolute atomic E-state index is 13.8. The molecule has 1 aromatic heterocycles. The van der Waals surface area contributed by atoms with Crippen LogP contribution in [-0.2, 0) is 7.05 Å². The van der Waals surface area contributed by atoms with E-state index in [9.17, 15) is 9.18 Å². The second kappa shape index (κ2) is 6.85. The number of rotatable bonds is 3. The number of amides is 1. The molecule has 4 rings (SSSR count). The summed E-state index contributed by atoms with van der Waals surface area (Å²) in [5, 5.41) is 2.99. The third-order valence-corrected chi connectivity index (χ3v) is 4.60. The van der Waals surface area contributed by atoms with Crippen LogP contribution in [0.15, 0.2) is 66.7 Å². The fourth-order valence-corrected chi connectivity index (χ4v) is 3.15. The number of halogens is 2. The van der Waals surface area contributed by atoms with Gasteiger partial charge in [0.25, 0.3) is 5.91 Å². The first-order valence-corrected chi connectivity index (χ1v) is 8.69. The van der Waals surface area contributed by atoms with Crippen LogP contribution in [0.25, 0.3) is 22.4 Å². The van der Waals surface area contributed by atoms with Crippen LogP contribution in [0.2, 0.25) is 5.02 Å². The van der Waals surface area contributed by atoms with Crippen molar-refractivity contribution in [3.8, 4) is 11.4 Å². The first kappa shape index (κ1) is 17.2. The molecule has 0 atom stereocenters. The molecule has 0 radical (unpaired) electrons. The van der Waals surface area contributed by atoms with Crippen molar-refractivity contribution in [2.75, 3.05) is 5.32 Å². The SMILES string of the molecule is Cn1c(-c2ccc(NC(=O)c3cc(Cl)ccc3F)cc2)nc2ccccc21. The van der Waals surface area contributed by atoms with E-state index in [2.05, 4.69) is 10.3 Å². The molecule has 0 saturated carbocycles. The van der Waals surface area contributed by atoms with Crippen LogP contribution >= 0.6 is 11.6 Å². The van der Waals surface area contributed by atoms with Crippen molar-refractivity contribution in [1.82, 2.24) is 9.55 Å². The lowest BCUT2D eigenvalue weighted by Gasteiger charge is -2.08. The zero-order valence-corrected chi connectivity index (χ0v) is 15.2. The van der Waals surface area contributed by atoms with E-state index < -0.39 is 11.7 Å². The Morgan fingerprint density at radius 2 is 1.81 bits per heavy atom. The maximum atomic E-state index is 13.8. The molecule has 1 N–H and O–H groups in total. The summed E-state index contributed by atoms with van der Waals surface area (Å²) in [6.45, 7) is 0. The number of hydrogen-bond donors (Lipinski definition) is 1. The van der Waals surface area contributed by atoms with Crippen LogP contribution in [0.5, 0.6) is 0 Å². The smallest absolute Gasteiger partial charge is 0.258 e. The summed E-state index contributed by atoms with van der Waals surface area (Å²) in [7, 11) is 1.96. The quantitative estimate of drug-likeness (QED) is 0.526. The van der Waals surface area contributed by atoms with Crippen LogP contribution in [0.1, 0.15) is 10.4 Å². The van der Waals surface area contributed by atoms with Gasteiger partial charge in [-0.2, -0.15) is 0 Å². The number of nitrogens with zero attached hydrogens (tertiary/aromatic N) is 2. The molecule has 1 amide bonds. The van der Waals surface area contributed by atoms with Gasteiger partial charge in [-0.05, 0) is 54.6 Å². The first-order chi connectivity index (χ1) is 13.0. The summed E-state index contributed by atoms with van der Waals surface area (Å²) < 4.78 is 15.8. The van der Waals surface area contributed by atoms with E-state index >= 15 is 0 Å². The summed E-state index contributed by atoms with van der Waals surface area (Å²) in [5.74, 6) is -0.339. The van der Waals surface area contributed by atoms with Gasteiger partial charge in [-0.3, -0.25) is 4.79 Å². The Bertz CT molecular complexity index is 1150. The van der Waals surface area contributed by atoms with Gasteiger partial charge in [0, 0.05) is 23.3 Å². The van der Waals surface area contributed by atoms with Crippen molar-refractivity contribution in [2.45, 2.75) is 0 Å². The van der Waals surface area contributed by atoms with Gasteiger partial charge < -0.3 is 9.88 Å². The minimum absolute atomic E-state index is 0.0954. The monoisotopic (exact) mass is 379 g/mol. The molecule has 3 aromatic carbocycles. The number of benzene rings is 3. The number of carbonyl (C=O) groups is 1. The molecule has 0 fully saturated rings. The van der Waals surface area contributed by atoms with Gasteiger partial charge in [-0.25, -0.2) is 9.37 Å². The van der Waals surface area contributed by atoms with Crippen LogP contribution in [0.3, 0.4) is 0 Å². The zero-order valence-electron chi connectivity index (χ0n) is 14.4. The molecule has 27 heavy (non-hydrogen) atoms. The molecule has 0 bridgehead atoms. The van der Waals surface area contributed by atoms with Gasteiger partial charge in [-0.1, -0.05) is 23.7 Å². The number of aromatic nitrogens is 2. The number of aryl methyl sites for hydroxylation is 1. The number of anilines is 1. The van der Waals surface area contributed by atoms with Crippen molar-refractivity contribution in [2.24, 2.45) is 7.05 Å². The second-order valence-corrected chi connectivity index (χ2v) is 6.58. The highest BCUT2D eigenvalue weighted by Gasteiger charge is 2.13. The van der Waals surface area contributed by atoms with E-state index in [0.29, 0.717) is 10.7 Å². The van der Waals surface area contributed by atoms with E-state index in [4.69, 9.17) is 11.6 Å². The molecular weight excluding hydrogens is 365 g/mol. The lowest BCUT2D eigenvalue weighted by atomic mass is 10.1. The van der Waals surface area contributed by atoms with Gasteiger partial charge in [-0.15, -0.1) is 0 Å². The average molecular weight is 380 g/mol. The molecule has 4 nitrogen and oxygen atoms in total. The third kappa shape index (κ3) is 3.29. The number of para-hydroxylation sites is 2. The lowest BCUT2D eigenvalue weighted by Crippen LogP contribution is -2.13. The Balaban J connectivity index is 1.59. The molecule has 134 valence electrons. The Morgan fingerprint density at radius 1 is 1.07 bits per heavy atom. The molecule has 4 aromatic rings. The maximum Gasteiger partial charge on any atom is 0.258 e. The van der Waals surface area contributed by atoms with Crippen molar-refractivity contribution in [3.63, 3.8) is 0 Å². The van der Waals surface area contributed by atoms with E-state index in [1.165, 1.54) is 18.2 Å². The predicted molar refractivity (Wildman–Crippen MR) is 106 cm³/mol. The van der Waals surface area contributed by atoms with Gasteiger partial charge in [0.1, 0.15) is 11.6 Å². The molecule has 0 unspecified atom stereocenters. The first-order valence-electron chi connectivity index (χ1n) is 8.31. The molecule has 1 heterocycles. The summed E-state index contributed by atoms with van der Waals surface area (Å²) in [6.07, 6.45) is 0. The Hall–Kier alpha value is -3.18. The van der Waals surface area contributed by atoms with E-state index in [1.807, 2.05) is 48.0 Å². The minimum atomic E-state index is -0.617. The van der Waals surface area contributed by atoms with Gasteiger partial charge >= 0.3 is 0 Å². The number of fused-ring (bicyclic) bond motifs is 1. The number of nitrogens with one attached hydrogen (secondary N) is 1. The van der Waals surface area contributed by atoms with Gasteiger partial charge in [0.15, 0.2) is 0 Å². The molecule has 0 aliphatic heterocycles. The molecule has 0 aliphatic carbocycles. The largest absolute Gasteiger partial charge is 0.327 e. The highest BCUT2D eigenvalue weighted by molar-refractivity contribution is 6.31. The topological polar surface area (TPSA) is 46.9 Å². The molecule has 6 heteroatoms. The summed E-state index contributed by atoms with van der Waals surface area (Å²) in [5.41, 5.74) is 3.34. The summed E-state index contributed by atoms with van der Waals surface area (Å²) in [6, 6.07) is 19.0. The number of imidazole rings is 1. The Kier molecular flexibility index (Phi) is 4.38. The van der Waals surface area contributed by atoms with Crippen molar-refractivity contribution >= 4 is 34.2 Å². The predicted octanol–water partition coefficient (Wildman–Crippen LogP) is 5.29.